The van der Waals surface area contributed by atoms with Gasteiger partial charge in [0, 0.05) is 18.1 Å². The number of aliphatic hydroxyl groups excluding tert-OH is 1. The molecule has 0 saturated heterocycles. The summed E-state index contributed by atoms with van der Waals surface area (Å²) in [6.45, 7) is -0.173. The van der Waals surface area contributed by atoms with Crippen molar-refractivity contribution >= 4 is 5.65 Å². The first-order valence-electron chi connectivity index (χ1n) is 4.29. The average molecular weight is 187 g/mol. The molecule has 2 heterocycles. The van der Waals surface area contributed by atoms with Crippen LogP contribution in [0.3, 0.4) is 0 Å². The first kappa shape index (κ1) is 8.73. The lowest BCUT2D eigenvalue weighted by atomic mass is 10.1. The van der Waals surface area contributed by atoms with Crippen LogP contribution in [0.1, 0.15) is 11.6 Å². The lowest BCUT2D eigenvalue weighted by molar-refractivity contribution is 0.283. The van der Waals surface area contributed by atoms with Gasteiger partial charge in [0.1, 0.15) is 11.6 Å². The number of hydrogen-bond acceptors (Lipinski definition) is 3. The van der Waals surface area contributed by atoms with Crippen LogP contribution in [0.5, 0.6) is 0 Å². The quantitative estimate of drug-likeness (QED) is 0.760. The zero-order valence-electron chi connectivity index (χ0n) is 7.46. The third kappa shape index (κ3) is 1.24. The molecule has 2 aromatic rings. The maximum Gasteiger partial charge on any atom is 0.136 e. The number of nitriles is 1. The van der Waals surface area contributed by atoms with Crippen molar-refractivity contribution in [2.24, 2.45) is 0 Å². The molecule has 0 aromatic carbocycles. The van der Waals surface area contributed by atoms with E-state index in [0.29, 0.717) is 0 Å². The highest BCUT2D eigenvalue weighted by Gasteiger charge is 2.12. The van der Waals surface area contributed by atoms with E-state index in [2.05, 4.69) is 11.1 Å². The van der Waals surface area contributed by atoms with E-state index in [1.807, 2.05) is 22.6 Å². The van der Waals surface area contributed by atoms with Crippen molar-refractivity contribution < 1.29 is 5.11 Å². The van der Waals surface area contributed by atoms with Crippen LogP contribution in [-0.2, 0) is 0 Å². The smallest absolute Gasteiger partial charge is 0.136 e. The SMILES string of the molecule is N#CC(CO)c1cccc2nccn12. The van der Waals surface area contributed by atoms with E-state index in [-0.39, 0.29) is 6.61 Å². The number of nitrogens with zero attached hydrogens (tertiary/aromatic N) is 3. The van der Waals surface area contributed by atoms with E-state index in [4.69, 9.17) is 10.4 Å². The molecule has 2 rings (SSSR count). The van der Waals surface area contributed by atoms with Gasteiger partial charge in [-0.3, -0.25) is 0 Å². The number of pyridine rings is 1. The van der Waals surface area contributed by atoms with Crippen LogP contribution in [0, 0.1) is 11.3 Å². The Kier molecular flexibility index (Phi) is 2.17. The van der Waals surface area contributed by atoms with Crippen molar-refractivity contribution in [2.45, 2.75) is 5.92 Å². The van der Waals surface area contributed by atoms with Gasteiger partial charge in [-0.15, -0.1) is 0 Å². The predicted molar refractivity (Wildman–Crippen MR) is 50.6 cm³/mol. The summed E-state index contributed by atoms with van der Waals surface area (Å²) in [4.78, 5) is 4.10. The molecule has 0 saturated carbocycles. The van der Waals surface area contributed by atoms with Crippen molar-refractivity contribution in [3.63, 3.8) is 0 Å². The first-order valence-corrected chi connectivity index (χ1v) is 4.29. The van der Waals surface area contributed by atoms with Crippen LogP contribution in [0.25, 0.3) is 5.65 Å². The highest BCUT2D eigenvalue weighted by molar-refractivity contribution is 5.41. The molecule has 0 bridgehead atoms. The van der Waals surface area contributed by atoms with Gasteiger partial charge in [0.15, 0.2) is 0 Å². The van der Waals surface area contributed by atoms with E-state index >= 15 is 0 Å². The molecule has 1 atom stereocenters. The molecular weight excluding hydrogens is 178 g/mol. The van der Waals surface area contributed by atoms with Crippen LogP contribution in [0.2, 0.25) is 0 Å². The van der Waals surface area contributed by atoms with E-state index in [1.54, 1.807) is 12.4 Å². The van der Waals surface area contributed by atoms with Crippen molar-refractivity contribution in [1.29, 1.82) is 5.26 Å². The Bertz CT molecular complexity index is 483. The Balaban J connectivity index is 2.62. The topological polar surface area (TPSA) is 61.3 Å². The summed E-state index contributed by atoms with van der Waals surface area (Å²) in [5.74, 6) is -0.493. The third-order valence-electron chi connectivity index (χ3n) is 2.16. The van der Waals surface area contributed by atoms with Gasteiger partial charge in [0.2, 0.25) is 0 Å². The molecular formula is C10H9N3O. The summed E-state index contributed by atoms with van der Waals surface area (Å²) in [5, 5.41) is 17.9. The second kappa shape index (κ2) is 3.48. The molecule has 4 heteroatoms. The molecule has 1 unspecified atom stereocenters. The van der Waals surface area contributed by atoms with Crippen LogP contribution >= 0.6 is 0 Å². The molecule has 14 heavy (non-hydrogen) atoms. The fourth-order valence-electron chi connectivity index (χ4n) is 1.45. The zero-order chi connectivity index (χ0) is 9.97. The van der Waals surface area contributed by atoms with Crippen molar-refractivity contribution in [1.82, 2.24) is 9.38 Å². The maximum atomic E-state index is 9.02. The zero-order valence-corrected chi connectivity index (χ0v) is 7.46. The van der Waals surface area contributed by atoms with Gasteiger partial charge in [0.25, 0.3) is 0 Å². The Labute approximate surface area is 81.1 Å². The van der Waals surface area contributed by atoms with Gasteiger partial charge in [-0.05, 0) is 12.1 Å². The third-order valence-corrected chi connectivity index (χ3v) is 2.16. The number of imidazole rings is 1. The molecule has 1 N–H and O–H groups in total. The summed E-state index contributed by atoms with van der Waals surface area (Å²) >= 11 is 0. The van der Waals surface area contributed by atoms with Crippen LogP contribution in [0.15, 0.2) is 30.6 Å². The molecule has 4 nitrogen and oxygen atoms in total. The Morgan fingerprint density at radius 1 is 1.57 bits per heavy atom. The van der Waals surface area contributed by atoms with Gasteiger partial charge >= 0.3 is 0 Å². The van der Waals surface area contributed by atoms with Crippen LogP contribution in [0.4, 0.5) is 0 Å². The lowest BCUT2D eigenvalue weighted by Crippen LogP contribution is -2.06. The van der Waals surface area contributed by atoms with E-state index < -0.39 is 5.92 Å². The van der Waals surface area contributed by atoms with Crippen molar-refractivity contribution in [2.75, 3.05) is 6.61 Å². The van der Waals surface area contributed by atoms with Gasteiger partial charge < -0.3 is 9.51 Å². The monoisotopic (exact) mass is 187 g/mol. The minimum absolute atomic E-state index is 0.173. The standard InChI is InChI=1S/C10H9N3O/c11-6-8(7-14)9-2-1-3-10-12-4-5-13(9)10/h1-5,8,14H,7H2. The second-order valence-electron chi connectivity index (χ2n) is 2.97. The molecule has 0 fully saturated rings. The minimum atomic E-state index is -0.493. The Morgan fingerprint density at radius 3 is 3.14 bits per heavy atom. The summed E-state index contributed by atoms with van der Waals surface area (Å²) in [6.07, 6.45) is 3.45. The molecule has 2 aromatic heterocycles. The summed E-state index contributed by atoms with van der Waals surface area (Å²) in [7, 11) is 0. The highest BCUT2D eigenvalue weighted by Crippen LogP contribution is 2.15. The number of aromatic nitrogens is 2. The normalized spacial score (nSPS) is 12.6. The van der Waals surface area contributed by atoms with E-state index in [1.165, 1.54) is 0 Å². The summed E-state index contributed by atoms with van der Waals surface area (Å²) in [6, 6.07) is 7.56. The first-order chi connectivity index (χ1) is 6.86. The van der Waals surface area contributed by atoms with Crippen molar-refractivity contribution in [3.05, 3.63) is 36.3 Å². The fraction of sp³-hybridized carbons (Fsp3) is 0.200. The fourth-order valence-corrected chi connectivity index (χ4v) is 1.45. The Hall–Kier alpha value is -1.86. The van der Waals surface area contributed by atoms with Crippen LogP contribution in [-0.4, -0.2) is 21.1 Å². The number of aliphatic hydroxyl groups is 1. The number of fused-ring (bicyclic) bond motifs is 1. The van der Waals surface area contributed by atoms with Gasteiger partial charge in [-0.25, -0.2) is 4.98 Å². The largest absolute Gasteiger partial charge is 0.395 e. The second-order valence-corrected chi connectivity index (χ2v) is 2.97. The molecule has 0 amide bonds. The summed E-state index contributed by atoms with van der Waals surface area (Å²) < 4.78 is 1.81. The van der Waals surface area contributed by atoms with E-state index in [9.17, 15) is 0 Å². The molecule has 0 radical (unpaired) electrons. The highest BCUT2D eigenvalue weighted by atomic mass is 16.3. The van der Waals surface area contributed by atoms with Crippen molar-refractivity contribution in [3.8, 4) is 6.07 Å². The van der Waals surface area contributed by atoms with Gasteiger partial charge in [0.05, 0.1) is 12.7 Å². The number of hydrogen-bond donors (Lipinski definition) is 1. The molecule has 70 valence electrons. The average Bonchev–Trinajstić information content (AvgIpc) is 2.68. The molecule has 0 aliphatic carbocycles. The predicted octanol–water partition coefficient (Wildman–Crippen LogP) is 0.934. The molecule has 0 aliphatic rings. The number of rotatable bonds is 2. The maximum absolute atomic E-state index is 9.02. The molecule has 0 spiro atoms. The van der Waals surface area contributed by atoms with Gasteiger partial charge in [-0.1, -0.05) is 6.07 Å². The van der Waals surface area contributed by atoms with Crippen LogP contribution < -0.4 is 0 Å². The molecule has 0 aliphatic heterocycles. The minimum Gasteiger partial charge on any atom is -0.395 e. The Morgan fingerprint density at radius 2 is 2.43 bits per heavy atom. The van der Waals surface area contributed by atoms with Gasteiger partial charge in [-0.2, -0.15) is 5.26 Å². The summed E-state index contributed by atoms with van der Waals surface area (Å²) in [5.41, 5.74) is 1.56. The lowest BCUT2D eigenvalue weighted by Gasteiger charge is -2.08. The van der Waals surface area contributed by atoms with E-state index in [0.717, 1.165) is 11.3 Å².